The molecule has 0 radical (unpaired) electrons. The standard InChI is InChI=1S/C14H24N2O2/c1-12-10-13(4-5-14(12)15)11-16(6-8-17-2)7-9-18-3/h4-5,10H,6-9,11,15H2,1-3H3. The van der Waals surface area contributed by atoms with Gasteiger partial charge < -0.3 is 15.2 Å². The first kappa shape index (κ1) is 15.0. The number of nitrogens with two attached hydrogens (primary N) is 1. The zero-order chi connectivity index (χ0) is 13.4. The minimum Gasteiger partial charge on any atom is -0.399 e. The summed E-state index contributed by atoms with van der Waals surface area (Å²) < 4.78 is 10.3. The summed E-state index contributed by atoms with van der Waals surface area (Å²) in [4.78, 5) is 2.32. The van der Waals surface area contributed by atoms with Gasteiger partial charge in [-0.15, -0.1) is 0 Å². The number of ether oxygens (including phenoxy) is 2. The Hall–Kier alpha value is -1.10. The minimum absolute atomic E-state index is 0.734. The van der Waals surface area contributed by atoms with Crippen molar-refractivity contribution in [3.8, 4) is 0 Å². The van der Waals surface area contributed by atoms with E-state index in [1.165, 1.54) is 5.56 Å². The van der Waals surface area contributed by atoms with E-state index in [0.717, 1.165) is 44.1 Å². The summed E-state index contributed by atoms with van der Waals surface area (Å²) in [5, 5.41) is 0. The number of nitrogen functional groups attached to an aromatic ring is 1. The molecule has 4 nitrogen and oxygen atoms in total. The highest BCUT2D eigenvalue weighted by atomic mass is 16.5. The number of rotatable bonds is 8. The summed E-state index contributed by atoms with van der Waals surface area (Å²) in [5.41, 5.74) is 9.08. The van der Waals surface area contributed by atoms with E-state index in [9.17, 15) is 0 Å². The molecule has 0 amide bonds. The van der Waals surface area contributed by atoms with E-state index in [1.54, 1.807) is 14.2 Å². The van der Waals surface area contributed by atoms with Crippen molar-refractivity contribution in [3.63, 3.8) is 0 Å². The van der Waals surface area contributed by atoms with Crippen molar-refractivity contribution in [1.82, 2.24) is 4.90 Å². The van der Waals surface area contributed by atoms with Crippen LogP contribution < -0.4 is 5.73 Å². The molecule has 0 aromatic heterocycles. The molecule has 0 aliphatic carbocycles. The molecular formula is C14H24N2O2. The van der Waals surface area contributed by atoms with Crippen molar-refractivity contribution >= 4 is 5.69 Å². The van der Waals surface area contributed by atoms with Crippen molar-refractivity contribution in [3.05, 3.63) is 29.3 Å². The lowest BCUT2D eigenvalue weighted by atomic mass is 10.1. The number of hydrogen-bond donors (Lipinski definition) is 1. The summed E-state index contributed by atoms with van der Waals surface area (Å²) in [6.45, 7) is 6.21. The van der Waals surface area contributed by atoms with Gasteiger partial charge in [0.15, 0.2) is 0 Å². The third-order valence-corrected chi connectivity index (χ3v) is 2.96. The fourth-order valence-corrected chi connectivity index (χ4v) is 1.81. The van der Waals surface area contributed by atoms with Gasteiger partial charge in [-0.3, -0.25) is 4.90 Å². The molecule has 0 aliphatic heterocycles. The topological polar surface area (TPSA) is 47.7 Å². The van der Waals surface area contributed by atoms with Gasteiger partial charge in [-0.05, 0) is 24.1 Å². The highest BCUT2D eigenvalue weighted by molar-refractivity contribution is 5.47. The third-order valence-electron chi connectivity index (χ3n) is 2.96. The van der Waals surface area contributed by atoms with Gasteiger partial charge in [-0.25, -0.2) is 0 Å². The van der Waals surface area contributed by atoms with E-state index in [2.05, 4.69) is 17.0 Å². The molecule has 0 saturated carbocycles. The predicted octanol–water partition coefficient (Wildman–Crippen LogP) is 1.67. The van der Waals surface area contributed by atoms with Crippen molar-refractivity contribution in [2.24, 2.45) is 0 Å². The fourth-order valence-electron chi connectivity index (χ4n) is 1.81. The van der Waals surface area contributed by atoms with E-state index in [0.29, 0.717) is 0 Å². The van der Waals surface area contributed by atoms with Crippen LogP contribution in [0.3, 0.4) is 0 Å². The first-order chi connectivity index (χ1) is 8.67. The Labute approximate surface area is 110 Å². The molecule has 0 atom stereocenters. The number of methoxy groups -OCH3 is 2. The molecule has 0 saturated heterocycles. The number of benzene rings is 1. The van der Waals surface area contributed by atoms with Crippen LogP contribution in [0.1, 0.15) is 11.1 Å². The highest BCUT2D eigenvalue weighted by Crippen LogP contribution is 2.14. The largest absolute Gasteiger partial charge is 0.399 e. The maximum absolute atomic E-state index is 5.83. The second-order valence-corrected chi connectivity index (χ2v) is 4.45. The van der Waals surface area contributed by atoms with Gasteiger partial charge in [0, 0.05) is 39.5 Å². The quantitative estimate of drug-likeness (QED) is 0.715. The van der Waals surface area contributed by atoms with Crippen LogP contribution in [0.5, 0.6) is 0 Å². The van der Waals surface area contributed by atoms with Gasteiger partial charge in [0.1, 0.15) is 0 Å². The van der Waals surface area contributed by atoms with E-state index >= 15 is 0 Å². The lowest BCUT2D eigenvalue weighted by Gasteiger charge is -2.22. The van der Waals surface area contributed by atoms with Gasteiger partial charge in [-0.2, -0.15) is 0 Å². The second kappa shape index (κ2) is 8.08. The zero-order valence-electron chi connectivity index (χ0n) is 11.6. The lowest BCUT2D eigenvalue weighted by Crippen LogP contribution is -2.30. The van der Waals surface area contributed by atoms with Gasteiger partial charge in [-0.1, -0.05) is 12.1 Å². The molecule has 0 fully saturated rings. The SMILES string of the molecule is COCCN(CCOC)Cc1ccc(N)c(C)c1. The molecule has 0 aliphatic rings. The van der Waals surface area contributed by atoms with E-state index < -0.39 is 0 Å². The van der Waals surface area contributed by atoms with Gasteiger partial charge >= 0.3 is 0 Å². The van der Waals surface area contributed by atoms with E-state index in [1.807, 2.05) is 13.0 Å². The molecule has 1 rings (SSSR count). The maximum atomic E-state index is 5.83. The molecule has 0 unspecified atom stereocenters. The van der Waals surface area contributed by atoms with Crippen molar-refractivity contribution in [1.29, 1.82) is 0 Å². The Morgan fingerprint density at radius 3 is 2.22 bits per heavy atom. The van der Waals surface area contributed by atoms with Crippen LogP contribution in [0.25, 0.3) is 0 Å². The third kappa shape index (κ3) is 5.04. The molecule has 1 aromatic carbocycles. The Bertz CT molecular complexity index is 348. The maximum Gasteiger partial charge on any atom is 0.0589 e. The first-order valence-electron chi connectivity index (χ1n) is 6.22. The highest BCUT2D eigenvalue weighted by Gasteiger charge is 2.06. The van der Waals surface area contributed by atoms with Crippen LogP contribution in [-0.4, -0.2) is 45.4 Å². The average molecular weight is 252 g/mol. The molecule has 102 valence electrons. The van der Waals surface area contributed by atoms with Crippen LogP contribution in [0.15, 0.2) is 18.2 Å². The smallest absolute Gasteiger partial charge is 0.0589 e. The Balaban J connectivity index is 2.59. The molecular weight excluding hydrogens is 228 g/mol. The first-order valence-corrected chi connectivity index (χ1v) is 6.22. The van der Waals surface area contributed by atoms with Crippen LogP contribution in [-0.2, 0) is 16.0 Å². The van der Waals surface area contributed by atoms with Crippen molar-refractivity contribution in [2.45, 2.75) is 13.5 Å². The summed E-state index contributed by atoms with van der Waals surface area (Å²) in [5.74, 6) is 0. The van der Waals surface area contributed by atoms with Gasteiger partial charge in [0.25, 0.3) is 0 Å². The van der Waals surface area contributed by atoms with Gasteiger partial charge in [0.05, 0.1) is 13.2 Å². The van der Waals surface area contributed by atoms with Crippen LogP contribution in [0.2, 0.25) is 0 Å². The molecule has 4 heteroatoms. The fraction of sp³-hybridized carbons (Fsp3) is 0.571. The number of hydrogen-bond acceptors (Lipinski definition) is 4. The summed E-state index contributed by atoms with van der Waals surface area (Å²) in [6, 6.07) is 6.19. The Kier molecular flexibility index (Phi) is 6.72. The normalized spacial score (nSPS) is 11.1. The molecule has 0 spiro atoms. The Morgan fingerprint density at radius 2 is 1.72 bits per heavy atom. The van der Waals surface area contributed by atoms with Crippen molar-refractivity contribution in [2.75, 3.05) is 46.3 Å². The molecule has 2 N–H and O–H groups in total. The van der Waals surface area contributed by atoms with Crippen LogP contribution >= 0.6 is 0 Å². The molecule has 0 heterocycles. The molecule has 1 aromatic rings. The number of aryl methyl sites for hydroxylation is 1. The summed E-state index contributed by atoms with van der Waals surface area (Å²) in [6.07, 6.45) is 0. The zero-order valence-corrected chi connectivity index (χ0v) is 11.6. The lowest BCUT2D eigenvalue weighted by molar-refractivity contribution is 0.110. The molecule has 0 bridgehead atoms. The van der Waals surface area contributed by atoms with Crippen molar-refractivity contribution < 1.29 is 9.47 Å². The monoisotopic (exact) mass is 252 g/mol. The minimum atomic E-state index is 0.734. The second-order valence-electron chi connectivity index (χ2n) is 4.45. The molecule has 18 heavy (non-hydrogen) atoms. The summed E-state index contributed by atoms with van der Waals surface area (Å²) in [7, 11) is 3.45. The van der Waals surface area contributed by atoms with E-state index in [4.69, 9.17) is 15.2 Å². The van der Waals surface area contributed by atoms with E-state index in [-0.39, 0.29) is 0 Å². The average Bonchev–Trinajstić information content (AvgIpc) is 2.37. The van der Waals surface area contributed by atoms with Crippen LogP contribution in [0.4, 0.5) is 5.69 Å². The predicted molar refractivity (Wildman–Crippen MR) is 74.6 cm³/mol. The van der Waals surface area contributed by atoms with Crippen LogP contribution in [0, 0.1) is 6.92 Å². The number of nitrogens with zero attached hydrogens (tertiary/aromatic N) is 1. The summed E-state index contributed by atoms with van der Waals surface area (Å²) >= 11 is 0. The van der Waals surface area contributed by atoms with Gasteiger partial charge in [0.2, 0.25) is 0 Å². The number of anilines is 1. The Morgan fingerprint density at radius 1 is 1.11 bits per heavy atom.